The smallest absolute Gasteiger partial charge is 0.345 e. The van der Waals surface area contributed by atoms with Crippen molar-refractivity contribution in [3.63, 3.8) is 0 Å². The molecule has 1 aromatic carbocycles. The highest BCUT2D eigenvalue weighted by Crippen LogP contribution is 2.62. The molecule has 2 aliphatic carbocycles. The fourth-order valence-electron chi connectivity index (χ4n) is 5.95. The summed E-state index contributed by atoms with van der Waals surface area (Å²) in [5.74, 6) is 0.871. The SMILES string of the molecule is CN1CC[C@]23c4c5ccc(OC(=O)c6cccnc6)c4O[C@H]2[C@@H](O)C=CC3[C@H]1C5. The Hall–Kier alpha value is -2.70. The zero-order valence-electron chi connectivity index (χ0n) is 16.1. The molecule has 4 aliphatic rings. The predicted molar refractivity (Wildman–Crippen MR) is 105 cm³/mol. The molecule has 29 heavy (non-hydrogen) atoms. The number of esters is 1. The molecule has 1 N–H and O–H groups in total. The highest BCUT2D eigenvalue weighted by Gasteiger charge is 2.64. The first-order valence-corrected chi connectivity index (χ1v) is 10.1. The van der Waals surface area contributed by atoms with E-state index in [2.05, 4.69) is 29.1 Å². The van der Waals surface area contributed by atoms with Crippen LogP contribution in [0, 0.1) is 5.92 Å². The molecule has 1 spiro atoms. The van der Waals surface area contributed by atoms with Gasteiger partial charge in [-0.1, -0.05) is 18.2 Å². The van der Waals surface area contributed by atoms with Crippen molar-refractivity contribution >= 4 is 5.97 Å². The Kier molecular flexibility index (Phi) is 3.50. The molecule has 0 saturated carbocycles. The minimum absolute atomic E-state index is 0.259. The lowest BCUT2D eigenvalue weighted by Crippen LogP contribution is -2.64. The summed E-state index contributed by atoms with van der Waals surface area (Å²) in [6.45, 7) is 0.958. The van der Waals surface area contributed by atoms with E-state index in [1.165, 1.54) is 11.8 Å². The second-order valence-electron chi connectivity index (χ2n) is 8.54. The van der Waals surface area contributed by atoms with Gasteiger partial charge in [0.15, 0.2) is 11.5 Å². The highest BCUT2D eigenvalue weighted by atomic mass is 16.6. The summed E-state index contributed by atoms with van der Waals surface area (Å²) in [4.78, 5) is 19.0. The number of piperidine rings is 1. The molecule has 6 rings (SSSR count). The van der Waals surface area contributed by atoms with E-state index in [0.717, 1.165) is 24.9 Å². The van der Waals surface area contributed by atoms with E-state index in [-0.39, 0.29) is 17.4 Å². The Morgan fingerprint density at radius 3 is 3.07 bits per heavy atom. The Bertz CT molecular complexity index is 1040. The van der Waals surface area contributed by atoms with Crippen LogP contribution in [0.25, 0.3) is 0 Å². The number of benzene rings is 1. The average molecular weight is 390 g/mol. The molecule has 0 radical (unpaired) electrons. The normalized spacial score (nSPS) is 33.7. The first-order valence-electron chi connectivity index (χ1n) is 10.1. The molecular weight excluding hydrogens is 368 g/mol. The summed E-state index contributed by atoms with van der Waals surface area (Å²) < 4.78 is 12.1. The van der Waals surface area contributed by atoms with E-state index in [1.54, 1.807) is 18.3 Å². The molecule has 6 heteroatoms. The molecule has 6 nitrogen and oxygen atoms in total. The van der Waals surface area contributed by atoms with Crippen molar-refractivity contribution in [3.8, 4) is 11.5 Å². The van der Waals surface area contributed by atoms with Gasteiger partial charge >= 0.3 is 5.97 Å². The summed E-state index contributed by atoms with van der Waals surface area (Å²) in [5, 5.41) is 10.8. The van der Waals surface area contributed by atoms with Crippen LogP contribution in [0.1, 0.15) is 27.9 Å². The van der Waals surface area contributed by atoms with Gasteiger partial charge in [0.05, 0.1) is 5.56 Å². The molecule has 2 bridgehead atoms. The van der Waals surface area contributed by atoms with Crippen molar-refractivity contribution < 1.29 is 19.4 Å². The third-order valence-corrected chi connectivity index (χ3v) is 7.23. The summed E-state index contributed by atoms with van der Waals surface area (Å²) in [5.41, 5.74) is 2.51. The Morgan fingerprint density at radius 1 is 1.34 bits per heavy atom. The molecule has 1 fully saturated rings. The van der Waals surface area contributed by atoms with Gasteiger partial charge in [0.1, 0.15) is 12.2 Å². The van der Waals surface area contributed by atoms with Gasteiger partial charge in [-0.3, -0.25) is 4.98 Å². The number of likely N-dealkylation sites (tertiary alicyclic amines) is 1. The molecule has 2 aromatic rings. The van der Waals surface area contributed by atoms with Crippen LogP contribution < -0.4 is 9.47 Å². The van der Waals surface area contributed by atoms with Crippen LogP contribution in [0.5, 0.6) is 11.5 Å². The first kappa shape index (κ1) is 17.2. The number of likely N-dealkylation sites (N-methyl/N-ethyl adjacent to an activating group) is 1. The van der Waals surface area contributed by atoms with Gasteiger partial charge in [-0.15, -0.1) is 0 Å². The quantitative estimate of drug-likeness (QED) is 0.481. The van der Waals surface area contributed by atoms with Crippen LogP contribution in [0.2, 0.25) is 0 Å². The zero-order valence-corrected chi connectivity index (χ0v) is 16.1. The van der Waals surface area contributed by atoms with Crippen molar-refractivity contribution in [2.45, 2.75) is 36.5 Å². The standard InChI is InChI=1S/C23H22N2O4/c1-25-10-8-23-15-5-6-17(26)21(23)29-20-18(7-4-13(19(20)23)11-16(15)25)28-22(27)14-3-2-9-24-12-14/h2-7,9,12,15-17,21,26H,8,10-11H2,1H3/t15?,16-,17+,21+,23+/m1/s1. The minimum atomic E-state index is -0.671. The van der Waals surface area contributed by atoms with Crippen molar-refractivity contribution in [1.82, 2.24) is 9.88 Å². The summed E-state index contributed by atoms with van der Waals surface area (Å²) >= 11 is 0. The maximum Gasteiger partial charge on any atom is 0.345 e. The Labute approximate surface area is 168 Å². The van der Waals surface area contributed by atoms with Crippen molar-refractivity contribution in [3.05, 3.63) is 65.5 Å². The Balaban J connectivity index is 1.48. The first-order chi connectivity index (χ1) is 14.1. The van der Waals surface area contributed by atoms with Crippen LogP contribution in [0.4, 0.5) is 0 Å². The fourth-order valence-corrected chi connectivity index (χ4v) is 5.95. The lowest BCUT2D eigenvalue weighted by Gasteiger charge is -2.56. The van der Waals surface area contributed by atoms with Crippen LogP contribution in [-0.4, -0.2) is 52.8 Å². The predicted octanol–water partition coefficient (Wildman–Crippen LogP) is 2.11. The van der Waals surface area contributed by atoms with E-state index in [9.17, 15) is 9.90 Å². The number of hydrogen-bond acceptors (Lipinski definition) is 6. The van der Waals surface area contributed by atoms with Crippen molar-refractivity contribution in [1.29, 1.82) is 0 Å². The number of aromatic nitrogens is 1. The monoisotopic (exact) mass is 390 g/mol. The summed E-state index contributed by atoms with van der Waals surface area (Å²) in [7, 11) is 2.18. The fraction of sp³-hybridized carbons (Fsp3) is 0.391. The number of pyridine rings is 1. The van der Waals surface area contributed by atoms with Gasteiger partial charge in [0, 0.05) is 35.3 Å². The van der Waals surface area contributed by atoms with Gasteiger partial charge in [-0.2, -0.15) is 0 Å². The third kappa shape index (κ3) is 2.18. The molecule has 148 valence electrons. The van der Waals surface area contributed by atoms with E-state index in [1.807, 2.05) is 12.1 Å². The number of aliphatic hydroxyl groups is 1. The average Bonchev–Trinajstić information content (AvgIpc) is 3.10. The molecule has 2 aliphatic heterocycles. The number of hydrogen-bond donors (Lipinski definition) is 1. The molecule has 1 unspecified atom stereocenters. The summed E-state index contributed by atoms with van der Waals surface area (Å²) in [6, 6.07) is 7.66. The number of carbonyl (C=O) groups is 1. The number of rotatable bonds is 2. The number of ether oxygens (including phenoxy) is 2. The molecule has 0 amide bonds. The van der Waals surface area contributed by atoms with Gasteiger partial charge in [-0.05, 0) is 50.2 Å². The zero-order chi connectivity index (χ0) is 19.8. The molecule has 1 saturated heterocycles. The van der Waals surface area contributed by atoms with E-state index >= 15 is 0 Å². The van der Waals surface area contributed by atoms with Crippen LogP contribution >= 0.6 is 0 Å². The maximum atomic E-state index is 12.6. The molecule has 5 atom stereocenters. The largest absolute Gasteiger partial charge is 0.482 e. The number of nitrogens with zero attached hydrogens (tertiary/aromatic N) is 2. The lowest BCUT2D eigenvalue weighted by molar-refractivity contribution is -0.0453. The van der Waals surface area contributed by atoms with Gasteiger partial charge < -0.3 is 19.5 Å². The highest BCUT2D eigenvalue weighted by molar-refractivity contribution is 5.91. The molecular formula is C23H22N2O4. The minimum Gasteiger partial charge on any atom is -0.482 e. The van der Waals surface area contributed by atoms with Gasteiger partial charge in [-0.25, -0.2) is 4.79 Å². The van der Waals surface area contributed by atoms with Crippen LogP contribution in [0.15, 0.2) is 48.8 Å². The maximum absolute atomic E-state index is 12.6. The molecule has 3 heterocycles. The third-order valence-electron chi connectivity index (χ3n) is 7.23. The van der Waals surface area contributed by atoms with Crippen molar-refractivity contribution in [2.24, 2.45) is 5.92 Å². The van der Waals surface area contributed by atoms with E-state index in [4.69, 9.17) is 9.47 Å². The van der Waals surface area contributed by atoms with Crippen LogP contribution in [0.3, 0.4) is 0 Å². The van der Waals surface area contributed by atoms with Gasteiger partial charge in [0.2, 0.25) is 0 Å². The van der Waals surface area contributed by atoms with Gasteiger partial charge in [0.25, 0.3) is 0 Å². The second-order valence-corrected chi connectivity index (χ2v) is 8.54. The van der Waals surface area contributed by atoms with E-state index in [0.29, 0.717) is 23.1 Å². The molecule has 1 aromatic heterocycles. The van der Waals surface area contributed by atoms with E-state index < -0.39 is 12.1 Å². The Morgan fingerprint density at radius 2 is 2.24 bits per heavy atom. The van der Waals surface area contributed by atoms with Crippen LogP contribution in [-0.2, 0) is 11.8 Å². The number of carbonyl (C=O) groups excluding carboxylic acids is 1. The number of aliphatic hydroxyl groups excluding tert-OH is 1. The topological polar surface area (TPSA) is 71.9 Å². The van der Waals surface area contributed by atoms with Crippen molar-refractivity contribution in [2.75, 3.05) is 13.6 Å². The second kappa shape index (κ2) is 5.90. The summed E-state index contributed by atoms with van der Waals surface area (Å²) in [6.07, 6.45) is 7.99. The lowest BCUT2D eigenvalue weighted by atomic mass is 9.53.